The molecule has 0 spiro atoms. The second kappa shape index (κ2) is 7.83. The van der Waals surface area contributed by atoms with E-state index in [1.54, 1.807) is 0 Å². The van der Waals surface area contributed by atoms with E-state index in [9.17, 15) is 17.6 Å². The molecule has 0 bridgehead atoms. The van der Waals surface area contributed by atoms with E-state index in [-0.39, 0.29) is 0 Å². The van der Waals surface area contributed by atoms with E-state index in [0.29, 0.717) is 9.79 Å². The summed E-state index contributed by atoms with van der Waals surface area (Å²) in [4.78, 5) is 1.37. The number of hydrogen-bond donors (Lipinski definition) is 0. The number of halogens is 6. The van der Waals surface area contributed by atoms with Gasteiger partial charge in [-0.1, -0.05) is 0 Å². The van der Waals surface area contributed by atoms with Crippen molar-refractivity contribution in [1.82, 2.24) is 0 Å². The first-order valence-electron chi connectivity index (χ1n) is 6.94. The molecule has 0 fully saturated rings. The van der Waals surface area contributed by atoms with Crippen LogP contribution in [0, 0.1) is 30.4 Å². The van der Waals surface area contributed by atoms with Crippen LogP contribution in [0.2, 0.25) is 0 Å². The molecule has 0 unspecified atom stereocenters. The van der Waals surface area contributed by atoms with Gasteiger partial charge in [0.05, 0.1) is 10.9 Å². The van der Waals surface area contributed by atoms with Gasteiger partial charge in [-0.05, 0) is 51.2 Å². The Bertz CT molecular complexity index is 763. The molecule has 3 rings (SSSR count). The predicted molar refractivity (Wildman–Crippen MR) is 107 cm³/mol. The topological polar surface area (TPSA) is 0 Å². The van der Waals surface area contributed by atoms with E-state index in [4.69, 9.17) is 0 Å². The largest absolute Gasteiger partial charge is 0.207 e. The zero-order valence-electron chi connectivity index (χ0n) is 12.4. The standard InChI is InChI=1S/C18H9F4I2S/c19-10-1-11(20)4-16(3-10)25(17-5-12(21)2-13(22)6-17)18-8-14(23)7-15(24)9-18/h1-9H/q+1. The quantitative estimate of drug-likeness (QED) is 0.186. The smallest absolute Gasteiger partial charge is 0.172 e. The lowest BCUT2D eigenvalue weighted by Crippen LogP contribution is -2.07. The van der Waals surface area contributed by atoms with Crippen molar-refractivity contribution < 1.29 is 17.6 Å². The van der Waals surface area contributed by atoms with Crippen LogP contribution in [0.15, 0.2) is 69.3 Å². The Balaban J connectivity index is 2.27. The predicted octanol–water partition coefficient (Wildman–Crippen LogP) is 6.55. The molecule has 0 N–H and O–H groups in total. The third-order valence-electron chi connectivity index (χ3n) is 3.22. The lowest BCUT2D eigenvalue weighted by atomic mass is 10.3. The highest BCUT2D eigenvalue weighted by molar-refractivity contribution is 14.1. The summed E-state index contributed by atoms with van der Waals surface area (Å²) in [6.45, 7) is 0. The van der Waals surface area contributed by atoms with Gasteiger partial charge in [-0.15, -0.1) is 0 Å². The summed E-state index contributed by atoms with van der Waals surface area (Å²) in [5.74, 6) is -2.93. The molecule has 0 atom stereocenters. The summed E-state index contributed by atoms with van der Waals surface area (Å²) in [6, 6.07) is 12.0. The minimum atomic E-state index is -1.05. The third kappa shape index (κ3) is 4.68. The monoisotopic (exact) mass is 587 g/mol. The Labute approximate surface area is 172 Å². The number of hydrogen-bond acceptors (Lipinski definition) is 0. The molecule has 0 saturated carbocycles. The van der Waals surface area contributed by atoms with Gasteiger partial charge in [-0.25, -0.2) is 17.6 Å². The highest BCUT2D eigenvalue weighted by Gasteiger charge is 2.31. The Morgan fingerprint density at radius 3 is 1.16 bits per heavy atom. The van der Waals surface area contributed by atoms with Gasteiger partial charge in [0.15, 0.2) is 14.7 Å². The lowest BCUT2D eigenvalue weighted by Gasteiger charge is -2.10. The number of rotatable bonds is 3. The normalized spacial score (nSPS) is 11.2. The first-order valence-corrected chi connectivity index (χ1v) is 10.3. The van der Waals surface area contributed by atoms with Crippen molar-refractivity contribution in [2.24, 2.45) is 0 Å². The molecule has 0 saturated heterocycles. The Morgan fingerprint density at radius 1 is 0.480 bits per heavy atom. The summed E-state index contributed by atoms with van der Waals surface area (Å²) < 4.78 is 56.8. The second-order valence-electron chi connectivity index (χ2n) is 5.12. The molecule has 3 aromatic rings. The maximum atomic E-state index is 13.8. The maximum absolute atomic E-state index is 13.8. The fourth-order valence-electron chi connectivity index (χ4n) is 2.35. The lowest BCUT2D eigenvalue weighted by molar-refractivity contribution is 0.576. The van der Waals surface area contributed by atoms with Crippen LogP contribution >= 0.6 is 45.2 Å². The van der Waals surface area contributed by atoms with Gasteiger partial charge in [0.2, 0.25) is 0 Å². The van der Waals surface area contributed by atoms with Crippen LogP contribution in [-0.4, -0.2) is 0 Å². The average Bonchev–Trinajstić information content (AvgIpc) is 2.44. The van der Waals surface area contributed by atoms with E-state index in [0.717, 1.165) is 24.2 Å². The molecule has 0 radical (unpaired) electrons. The molecule has 0 amide bonds. The Hall–Kier alpha value is -0.810. The van der Waals surface area contributed by atoms with Gasteiger partial charge in [0.25, 0.3) is 0 Å². The first kappa shape index (κ1) is 19.0. The molecule has 128 valence electrons. The van der Waals surface area contributed by atoms with Crippen LogP contribution in [0.5, 0.6) is 0 Å². The molecule has 0 aromatic heterocycles. The van der Waals surface area contributed by atoms with Crippen molar-refractivity contribution in [1.29, 1.82) is 0 Å². The van der Waals surface area contributed by atoms with Gasteiger partial charge in [0.1, 0.15) is 23.3 Å². The zero-order valence-corrected chi connectivity index (χ0v) is 17.5. The van der Waals surface area contributed by atoms with Crippen molar-refractivity contribution in [3.8, 4) is 0 Å². The molecule has 0 aliphatic carbocycles. The van der Waals surface area contributed by atoms with E-state index < -0.39 is 34.2 Å². The van der Waals surface area contributed by atoms with Gasteiger partial charge >= 0.3 is 0 Å². The molecule has 0 aliphatic heterocycles. The summed E-state index contributed by atoms with van der Waals surface area (Å²) in [5, 5.41) is 0. The van der Waals surface area contributed by atoms with Crippen molar-refractivity contribution in [2.75, 3.05) is 0 Å². The van der Waals surface area contributed by atoms with Crippen LogP contribution < -0.4 is 0 Å². The van der Waals surface area contributed by atoms with E-state index in [2.05, 4.69) is 45.2 Å². The highest BCUT2D eigenvalue weighted by atomic mass is 127. The minimum Gasteiger partial charge on any atom is -0.207 e. The fourth-order valence-corrected chi connectivity index (χ4v) is 6.94. The molecule has 3 aromatic carbocycles. The molecule has 25 heavy (non-hydrogen) atoms. The van der Waals surface area contributed by atoms with Gasteiger partial charge in [-0.3, -0.25) is 0 Å². The molecule has 0 heterocycles. The molecular weight excluding hydrogens is 578 g/mol. The van der Waals surface area contributed by atoms with Crippen molar-refractivity contribution in [3.05, 3.63) is 85.0 Å². The van der Waals surface area contributed by atoms with Crippen LogP contribution in [0.25, 0.3) is 0 Å². The molecule has 0 nitrogen and oxygen atoms in total. The summed E-state index contributed by atoms with van der Waals surface area (Å²) in [5.41, 5.74) is 0. The van der Waals surface area contributed by atoms with Crippen molar-refractivity contribution in [2.45, 2.75) is 14.7 Å². The third-order valence-corrected chi connectivity index (χ3v) is 6.58. The van der Waals surface area contributed by atoms with E-state index >= 15 is 0 Å². The minimum absolute atomic E-state index is 0.320. The van der Waals surface area contributed by atoms with Crippen LogP contribution in [0.3, 0.4) is 0 Å². The SMILES string of the molecule is Fc1cc(F)cc([S+](c2cc(F)cc(F)c2)c2cc(I)cc(I)c2)c1. The van der Waals surface area contributed by atoms with Crippen LogP contribution in [-0.2, 0) is 10.9 Å². The molecule has 0 aliphatic rings. The van der Waals surface area contributed by atoms with E-state index in [1.807, 2.05) is 18.2 Å². The van der Waals surface area contributed by atoms with Crippen molar-refractivity contribution in [3.63, 3.8) is 0 Å². The van der Waals surface area contributed by atoms with E-state index in [1.165, 1.54) is 24.3 Å². The molecule has 7 heteroatoms. The van der Waals surface area contributed by atoms with Gasteiger partial charge in [-0.2, -0.15) is 0 Å². The van der Waals surface area contributed by atoms with Crippen LogP contribution in [0.4, 0.5) is 17.6 Å². The summed E-state index contributed by atoms with van der Waals surface area (Å²) in [6.07, 6.45) is 0. The van der Waals surface area contributed by atoms with Crippen molar-refractivity contribution >= 4 is 56.1 Å². The first-order chi connectivity index (χ1) is 11.8. The van der Waals surface area contributed by atoms with Gasteiger partial charge in [0, 0.05) is 55.7 Å². The Kier molecular flexibility index (Phi) is 5.94. The van der Waals surface area contributed by atoms with Gasteiger partial charge < -0.3 is 0 Å². The molecular formula is C18H9F4I2S+. The number of benzene rings is 3. The zero-order chi connectivity index (χ0) is 18.1. The highest BCUT2D eigenvalue weighted by Crippen LogP contribution is 2.34. The Morgan fingerprint density at radius 2 is 0.800 bits per heavy atom. The average molecular weight is 587 g/mol. The fraction of sp³-hybridized carbons (Fsp3) is 0. The maximum Gasteiger partial charge on any atom is 0.172 e. The summed E-state index contributed by atoms with van der Waals surface area (Å²) in [7, 11) is -1.05. The van der Waals surface area contributed by atoms with Crippen LogP contribution in [0.1, 0.15) is 0 Å². The second-order valence-corrected chi connectivity index (χ2v) is 9.64. The summed E-state index contributed by atoms with van der Waals surface area (Å²) >= 11 is 4.27.